The van der Waals surface area contributed by atoms with Gasteiger partial charge in [0.1, 0.15) is 5.57 Å². The van der Waals surface area contributed by atoms with Crippen LogP contribution in [0.1, 0.15) is 11.1 Å². The maximum absolute atomic E-state index is 13.6. The van der Waals surface area contributed by atoms with Gasteiger partial charge in [-0.05, 0) is 65.8 Å². The van der Waals surface area contributed by atoms with Gasteiger partial charge in [-0.1, -0.05) is 53.5 Å². The number of hydrogen-bond acceptors (Lipinski definition) is 5. The molecule has 0 spiro atoms. The summed E-state index contributed by atoms with van der Waals surface area (Å²) in [6, 6.07) is 19.0. The number of thiocarbonyl (C=S) groups is 1. The fraction of sp³-hybridized carbons (Fsp3) is 0.115. The van der Waals surface area contributed by atoms with Crippen molar-refractivity contribution in [2.75, 3.05) is 19.1 Å². The number of ether oxygens (including phenoxy) is 2. The van der Waals surface area contributed by atoms with E-state index in [4.69, 9.17) is 44.9 Å². The third-order valence-electron chi connectivity index (χ3n) is 5.41. The number of para-hydroxylation sites is 1. The Hall–Kier alpha value is -3.39. The maximum Gasteiger partial charge on any atom is 0.270 e. The Balaban J connectivity index is 1.81. The van der Waals surface area contributed by atoms with Crippen molar-refractivity contribution in [2.45, 2.75) is 6.54 Å². The lowest BCUT2D eigenvalue weighted by Crippen LogP contribution is -2.56. The molecule has 3 aromatic carbocycles. The van der Waals surface area contributed by atoms with Gasteiger partial charge in [-0.15, -0.1) is 0 Å². The quantitative estimate of drug-likeness (QED) is 0.232. The van der Waals surface area contributed by atoms with Gasteiger partial charge in [0, 0.05) is 10.0 Å². The molecule has 0 radical (unpaired) electrons. The van der Waals surface area contributed by atoms with Crippen LogP contribution in [0, 0.1) is 0 Å². The predicted molar refractivity (Wildman–Crippen MR) is 141 cm³/mol. The van der Waals surface area contributed by atoms with E-state index in [2.05, 4.69) is 0 Å². The summed E-state index contributed by atoms with van der Waals surface area (Å²) in [5, 5.41) is 0.921. The average molecular weight is 527 g/mol. The fourth-order valence-electron chi connectivity index (χ4n) is 3.65. The lowest BCUT2D eigenvalue weighted by molar-refractivity contribution is -0.128. The molecule has 0 N–H and O–H groups in total. The molecule has 3 aromatic rings. The Morgan fingerprint density at radius 1 is 0.886 bits per heavy atom. The minimum Gasteiger partial charge on any atom is -0.493 e. The van der Waals surface area contributed by atoms with E-state index < -0.39 is 11.8 Å². The average Bonchev–Trinajstić information content (AvgIpc) is 2.86. The van der Waals surface area contributed by atoms with Gasteiger partial charge in [0.05, 0.1) is 26.5 Å². The number of methoxy groups -OCH3 is 2. The van der Waals surface area contributed by atoms with E-state index in [1.807, 2.05) is 6.07 Å². The van der Waals surface area contributed by atoms with E-state index in [0.717, 1.165) is 0 Å². The van der Waals surface area contributed by atoms with E-state index >= 15 is 0 Å². The van der Waals surface area contributed by atoms with Crippen LogP contribution in [-0.4, -0.2) is 36.0 Å². The van der Waals surface area contributed by atoms with Crippen LogP contribution < -0.4 is 14.4 Å². The second kappa shape index (κ2) is 10.5. The number of carbonyl (C=O) groups is 2. The van der Waals surface area contributed by atoms with Crippen molar-refractivity contribution in [2.24, 2.45) is 0 Å². The zero-order valence-electron chi connectivity index (χ0n) is 18.8. The molecule has 1 heterocycles. The van der Waals surface area contributed by atoms with Crippen LogP contribution in [0.15, 0.2) is 72.3 Å². The molecule has 0 bridgehead atoms. The number of hydrogen-bond donors (Lipinski definition) is 0. The molecule has 6 nitrogen and oxygen atoms in total. The highest BCUT2D eigenvalue weighted by Crippen LogP contribution is 2.32. The first-order chi connectivity index (χ1) is 16.8. The number of carbonyl (C=O) groups excluding carboxylic acids is 2. The highest BCUT2D eigenvalue weighted by atomic mass is 35.5. The minimum absolute atomic E-state index is 0.0558. The zero-order valence-corrected chi connectivity index (χ0v) is 21.2. The first-order valence-electron chi connectivity index (χ1n) is 10.5. The Labute approximate surface area is 218 Å². The highest BCUT2D eigenvalue weighted by molar-refractivity contribution is 7.80. The molecular formula is C26H20Cl2N2O4S. The summed E-state index contributed by atoms with van der Waals surface area (Å²) in [6.45, 7) is 0.0631. The van der Waals surface area contributed by atoms with E-state index in [1.54, 1.807) is 60.7 Å². The van der Waals surface area contributed by atoms with Crippen molar-refractivity contribution in [3.05, 3.63) is 93.5 Å². The van der Waals surface area contributed by atoms with Crippen molar-refractivity contribution in [1.29, 1.82) is 0 Å². The summed E-state index contributed by atoms with van der Waals surface area (Å²) in [6.07, 6.45) is 1.51. The Bertz CT molecular complexity index is 1340. The molecule has 0 aliphatic carbocycles. The van der Waals surface area contributed by atoms with Gasteiger partial charge in [0.15, 0.2) is 16.6 Å². The van der Waals surface area contributed by atoms with Gasteiger partial charge in [0.25, 0.3) is 11.8 Å². The first kappa shape index (κ1) is 24.7. The topological polar surface area (TPSA) is 59.1 Å². The second-order valence-corrected chi connectivity index (χ2v) is 8.77. The molecule has 4 rings (SSSR count). The van der Waals surface area contributed by atoms with Crippen LogP contribution in [-0.2, 0) is 16.1 Å². The summed E-state index contributed by atoms with van der Waals surface area (Å²) < 4.78 is 10.6. The molecular weight excluding hydrogens is 507 g/mol. The van der Waals surface area contributed by atoms with Gasteiger partial charge in [-0.2, -0.15) is 0 Å². The molecule has 1 fully saturated rings. The molecule has 9 heteroatoms. The van der Waals surface area contributed by atoms with Gasteiger partial charge in [-0.3, -0.25) is 19.4 Å². The Morgan fingerprint density at radius 3 is 2.26 bits per heavy atom. The van der Waals surface area contributed by atoms with E-state index in [1.165, 1.54) is 30.1 Å². The molecule has 35 heavy (non-hydrogen) atoms. The zero-order chi connectivity index (χ0) is 25.1. The lowest BCUT2D eigenvalue weighted by Gasteiger charge is -2.36. The lowest BCUT2D eigenvalue weighted by atomic mass is 10.0. The van der Waals surface area contributed by atoms with Crippen molar-refractivity contribution < 1.29 is 19.1 Å². The number of amides is 2. The molecule has 1 aliphatic heterocycles. The molecule has 178 valence electrons. The third kappa shape index (κ3) is 5.03. The van der Waals surface area contributed by atoms with Crippen LogP contribution in [0.4, 0.5) is 5.69 Å². The number of benzene rings is 3. The smallest absolute Gasteiger partial charge is 0.270 e. The molecule has 0 aromatic heterocycles. The largest absolute Gasteiger partial charge is 0.493 e. The third-order valence-corrected chi connectivity index (χ3v) is 6.40. The van der Waals surface area contributed by atoms with Gasteiger partial charge < -0.3 is 9.47 Å². The summed E-state index contributed by atoms with van der Waals surface area (Å²) in [5.41, 5.74) is 1.71. The van der Waals surface area contributed by atoms with Crippen LogP contribution >= 0.6 is 35.4 Å². The number of rotatable bonds is 6. The highest BCUT2D eigenvalue weighted by Gasteiger charge is 2.40. The van der Waals surface area contributed by atoms with Crippen molar-refractivity contribution in [3.8, 4) is 11.5 Å². The summed E-state index contributed by atoms with van der Waals surface area (Å²) >= 11 is 18.0. The molecule has 2 amide bonds. The molecule has 1 saturated heterocycles. The van der Waals surface area contributed by atoms with Crippen molar-refractivity contribution in [3.63, 3.8) is 0 Å². The van der Waals surface area contributed by atoms with Crippen molar-refractivity contribution >= 4 is 64.1 Å². The first-order valence-corrected chi connectivity index (χ1v) is 11.6. The van der Waals surface area contributed by atoms with E-state index in [9.17, 15) is 9.59 Å². The van der Waals surface area contributed by atoms with E-state index in [0.29, 0.717) is 38.4 Å². The minimum atomic E-state index is -0.534. The van der Waals surface area contributed by atoms with Crippen LogP contribution in [0.3, 0.4) is 0 Å². The van der Waals surface area contributed by atoms with Crippen molar-refractivity contribution in [1.82, 2.24) is 4.90 Å². The Morgan fingerprint density at radius 2 is 1.60 bits per heavy atom. The molecule has 0 unspecified atom stereocenters. The number of halogens is 2. The Kier molecular flexibility index (Phi) is 7.40. The molecule has 0 atom stereocenters. The normalized spacial score (nSPS) is 15.1. The van der Waals surface area contributed by atoms with Gasteiger partial charge in [-0.25, -0.2) is 0 Å². The summed E-state index contributed by atoms with van der Waals surface area (Å²) in [5.74, 6) is -0.0627. The van der Waals surface area contributed by atoms with Crippen LogP contribution in [0.2, 0.25) is 10.0 Å². The van der Waals surface area contributed by atoms with Crippen LogP contribution in [0.25, 0.3) is 6.08 Å². The van der Waals surface area contributed by atoms with Crippen LogP contribution in [0.5, 0.6) is 11.5 Å². The molecule has 1 aliphatic rings. The summed E-state index contributed by atoms with van der Waals surface area (Å²) in [7, 11) is 3.04. The SMILES string of the molecule is COc1ccc(/C=C2/C(=O)N(Cc3ccc(Cl)cc3Cl)C(=S)N(c3ccccc3)C2=O)cc1OC. The van der Waals surface area contributed by atoms with Gasteiger partial charge >= 0.3 is 0 Å². The van der Waals surface area contributed by atoms with Gasteiger partial charge in [0.2, 0.25) is 0 Å². The van der Waals surface area contributed by atoms with E-state index in [-0.39, 0.29) is 17.2 Å². The fourth-order valence-corrected chi connectivity index (χ4v) is 4.45. The standard InChI is InChI=1S/C26H20Cl2N2O4S/c1-33-22-11-8-16(13-23(22)34-2)12-20-24(31)29(15-17-9-10-18(27)14-21(17)28)26(35)30(25(20)32)19-6-4-3-5-7-19/h3-14H,15H2,1-2H3/b20-12-. The maximum atomic E-state index is 13.6. The predicted octanol–water partition coefficient (Wildman–Crippen LogP) is 5.75. The number of anilines is 1. The monoisotopic (exact) mass is 526 g/mol. The molecule has 0 saturated carbocycles. The number of nitrogens with zero attached hydrogens (tertiary/aromatic N) is 2. The summed E-state index contributed by atoms with van der Waals surface area (Å²) in [4.78, 5) is 29.8. The second-order valence-electron chi connectivity index (χ2n) is 7.56.